The Bertz CT molecular complexity index is 719. The highest BCUT2D eigenvalue weighted by Crippen LogP contribution is 2.41. The lowest BCUT2D eigenvalue weighted by molar-refractivity contribution is 0.124. The topological polar surface area (TPSA) is 38.7 Å². The van der Waals surface area contributed by atoms with Crippen LogP contribution in [0.2, 0.25) is 18.1 Å². The fraction of sp³-hybridized carbons (Fsp3) is 0.615. The van der Waals surface area contributed by atoms with Crippen LogP contribution in [0.1, 0.15) is 46.1 Å². The van der Waals surface area contributed by atoms with Gasteiger partial charge in [0.25, 0.3) is 0 Å². The fourth-order valence-corrected chi connectivity index (χ4v) is 5.31. The molecule has 168 valence electrons. The molecule has 0 unspecified atom stereocenters. The third kappa shape index (κ3) is 6.57. The zero-order valence-electron chi connectivity index (χ0n) is 20.0. The molecular formula is C26H42O3Si. The van der Waals surface area contributed by atoms with Crippen molar-refractivity contribution < 1.29 is 14.3 Å². The highest BCUT2D eigenvalue weighted by molar-refractivity contribution is 6.74. The van der Waals surface area contributed by atoms with Gasteiger partial charge in [-0.3, -0.25) is 0 Å². The molecule has 0 aromatic heterocycles. The monoisotopic (exact) mass is 430 g/mol. The van der Waals surface area contributed by atoms with Gasteiger partial charge >= 0.3 is 0 Å². The predicted octanol–water partition coefficient (Wildman–Crippen LogP) is 6.53. The summed E-state index contributed by atoms with van der Waals surface area (Å²) in [6, 6.07) is 8.15. The summed E-state index contributed by atoms with van der Waals surface area (Å²) >= 11 is 0. The summed E-state index contributed by atoms with van der Waals surface area (Å²) < 4.78 is 12.8. The van der Waals surface area contributed by atoms with Crippen molar-refractivity contribution in [3.63, 3.8) is 0 Å². The van der Waals surface area contributed by atoms with Gasteiger partial charge in [0.2, 0.25) is 0 Å². The van der Waals surface area contributed by atoms with Crippen LogP contribution in [0.25, 0.3) is 0 Å². The Hall–Kier alpha value is -1.36. The van der Waals surface area contributed by atoms with Crippen LogP contribution in [-0.4, -0.2) is 32.2 Å². The first kappa shape index (κ1) is 24.9. The van der Waals surface area contributed by atoms with E-state index in [0.717, 1.165) is 18.6 Å². The lowest BCUT2D eigenvalue weighted by atomic mass is 9.87. The molecule has 1 aliphatic carbocycles. The van der Waals surface area contributed by atoms with Crippen LogP contribution in [0.5, 0.6) is 5.75 Å². The number of benzene rings is 1. The minimum atomic E-state index is -1.95. The smallest absolute Gasteiger partial charge is 0.193 e. The van der Waals surface area contributed by atoms with E-state index in [1.54, 1.807) is 0 Å². The maximum absolute atomic E-state index is 10.5. The van der Waals surface area contributed by atoms with E-state index >= 15 is 0 Å². The molecule has 1 aliphatic rings. The number of aryl methyl sites for hydroxylation is 1. The largest absolute Gasteiger partial charge is 0.491 e. The Kier molecular flexibility index (Phi) is 8.55. The molecule has 2 rings (SSSR count). The fourth-order valence-electron chi connectivity index (χ4n) is 4.05. The second-order valence-corrected chi connectivity index (χ2v) is 15.2. The molecule has 0 aliphatic heterocycles. The van der Waals surface area contributed by atoms with Gasteiger partial charge in [-0.1, -0.05) is 58.1 Å². The average molecular weight is 431 g/mol. The lowest BCUT2D eigenvalue weighted by Gasteiger charge is -2.38. The molecule has 0 amide bonds. The van der Waals surface area contributed by atoms with Crippen molar-refractivity contribution in [2.45, 2.75) is 77.8 Å². The Labute approximate surface area is 185 Å². The van der Waals surface area contributed by atoms with Crippen LogP contribution < -0.4 is 4.74 Å². The van der Waals surface area contributed by atoms with Gasteiger partial charge in [0.05, 0.1) is 12.2 Å². The van der Waals surface area contributed by atoms with E-state index in [9.17, 15) is 5.11 Å². The standard InChI is InChI=1S/C26H42O3Si/c1-9-11-24-23(20(3)17-25(24)27)15-14-22(29-30(7,8)26(4,5)6)18-28-21-13-10-12-19(2)16-21/h9-10,12-16,20,22-25,27H,1,11,17-18H2,2-8H3/b15-14+/t20-,22-,23+,24-,25-/m1/s1. The first-order chi connectivity index (χ1) is 13.9. The predicted molar refractivity (Wildman–Crippen MR) is 129 cm³/mol. The van der Waals surface area contributed by atoms with Crippen LogP contribution in [0.15, 0.2) is 49.1 Å². The van der Waals surface area contributed by atoms with Crippen molar-refractivity contribution in [3.8, 4) is 5.75 Å². The molecule has 0 saturated heterocycles. The van der Waals surface area contributed by atoms with Crippen molar-refractivity contribution in [1.29, 1.82) is 0 Å². The minimum absolute atomic E-state index is 0.110. The second kappa shape index (κ2) is 10.3. The van der Waals surface area contributed by atoms with Gasteiger partial charge in [-0.15, -0.1) is 6.58 Å². The van der Waals surface area contributed by atoms with E-state index in [2.05, 4.69) is 78.6 Å². The molecule has 0 heterocycles. The number of aliphatic hydroxyl groups excluding tert-OH is 1. The molecule has 1 aromatic carbocycles. The molecular weight excluding hydrogens is 388 g/mol. The summed E-state index contributed by atoms with van der Waals surface area (Å²) in [4.78, 5) is 0. The number of rotatable bonds is 9. The number of hydrogen-bond donors (Lipinski definition) is 1. The lowest BCUT2D eigenvalue weighted by Crippen LogP contribution is -2.45. The Morgan fingerprint density at radius 1 is 1.30 bits per heavy atom. The Balaban J connectivity index is 2.19. The molecule has 4 heteroatoms. The molecule has 30 heavy (non-hydrogen) atoms. The molecule has 1 fully saturated rings. The van der Waals surface area contributed by atoms with E-state index in [-0.39, 0.29) is 23.2 Å². The van der Waals surface area contributed by atoms with Crippen LogP contribution in [-0.2, 0) is 4.43 Å². The molecule has 0 bridgehead atoms. The average Bonchev–Trinajstić information content (AvgIpc) is 2.90. The van der Waals surface area contributed by atoms with Gasteiger partial charge < -0.3 is 14.3 Å². The quantitative estimate of drug-likeness (QED) is 0.357. The third-order valence-corrected chi connectivity index (χ3v) is 11.4. The molecule has 1 N–H and O–H groups in total. The SMILES string of the molecule is C=CC[C@@H]1[C@@H](/C=C/[C@H](COc2cccc(C)c2)O[Si](C)(C)C(C)(C)C)[C@H](C)C[C@H]1O. The normalized spacial score (nSPS) is 26.1. The van der Waals surface area contributed by atoms with Crippen LogP contribution >= 0.6 is 0 Å². The van der Waals surface area contributed by atoms with Crippen LogP contribution in [0.3, 0.4) is 0 Å². The molecule has 1 aromatic rings. The molecule has 5 atom stereocenters. The van der Waals surface area contributed by atoms with Crippen molar-refractivity contribution in [3.05, 3.63) is 54.6 Å². The minimum Gasteiger partial charge on any atom is -0.491 e. The van der Waals surface area contributed by atoms with Crippen molar-refractivity contribution in [2.24, 2.45) is 17.8 Å². The van der Waals surface area contributed by atoms with E-state index in [1.807, 2.05) is 18.2 Å². The highest BCUT2D eigenvalue weighted by Gasteiger charge is 2.40. The summed E-state index contributed by atoms with van der Waals surface area (Å²) in [5.74, 6) is 1.90. The zero-order chi connectivity index (χ0) is 22.5. The van der Waals surface area contributed by atoms with Gasteiger partial charge in [0, 0.05) is 0 Å². The maximum atomic E-state index is 10.5. The Morgan fingerprint density at radius 2 is 2.00 bits per heavy atom. The Morgan fingerprint density at radius 3 is 2.60 bits per heavy atom. The molecule has 3 nitrogen and oxygen atoms in total. The molecule has 1 saturated carbocycles. The number of allylic oxidation sites excluding steroid dienone is 2. The van der Waals surface area contributed by atoms with Gasteiger partial charge in [-0.2, -0.15) is 0 Å². The number of aliphatic hydroxyl groups is 1. The summed E-state index contributed by atoms with van der Waals surface area (Å²) in [7, 11) is -1.95. The van der Waals surface area contributed by atoms with Gasteiger partial charge in [0.15, 0.2) is 8.32 Å². The first-order valence-corrected chi connectivity index (χ1v) is 14.2. The van der Waals surface area contributed by atoms with E-state index in [1.165, 1.54) is 5.56 Å². The van der Waals surface area contributed by atoms with E-state index < -0.39 is 8.32 Å². The van der Waals surface area contributed by atoms with Gasteiger partial charge in [-0.25, -0.2) is 0 Å². The van der Waals surface area contributed by atoms with Crippen LogP contribution in [0.4, 0.5) is 0 Å². The summed E-state index contributed by atoms with van der Waals surface area (Å²) in [5.41, 5.74) is 1.19. The number of ether oxygens (including phenoxy) is 1. The number of hydrogen-bond acceptors (Lipinski definition) is 3. The highest BCUT2D eigenvalue weighted by atomic mass is 28.4. The molecule has 0 radical (unpaired) electrons. The van der Waals surface area contributed by atoms with Gasteiger partial charge in [-0.05, 0) is 73.3 Å². The first-order valence-electron chi connectivity index (χ1n) is 11.3. The van der Waals surface area contributed by atoms with E-state index in [4.69, 9.17) is 9.16 Å². The van der Waals surface area contributed by atoms with Crippen molar-refractivity contribution in [2.75, 3.05) is 6.61 Å². The summed E-state index contributed by atoms with van der Waals surface area (Å²) in [6.07, 6.45) is 7.71. The summed E-state index contributed by atoms with van der Waals surface area (Å²) in [6.45, 7) is 20.0. The van der Waals surface area contributed by atoms with E-state index in [0.29, 0.717) is 18.4 Å². The van der Waals surface area contributed by atoms with Crippen LogP contribution in [0, 0.1) is 24.7 Å². The van der Waals surface area contributed by atoms with Gasteiger partial charge in [0.1, 0.15) is 12.4 Å². The zero-order valence-corrected chi connectivity index (χ0v) is 21.0. The second-order valence-electron chi connectivity index (χ2n) is 10.5. The van der Waals surface area contributed by atoms with Crippen molar-refractivity contribution in [1.82, 2.24) is 0 Å². The molecule has 0 spiro atoms. The van der Waals surface area contributed by atoms with Crippen molar-refractivity contribution >= 4 is 8.32 Å². The maximum Gasteiger partial charge on any atom is 0.193 e. The summed E-state index contributed by atoms with van der Waals surface area (Å²) in [5, 5.41) is 10.6. The third-order valence-electron chi connectivity index (χ3n) is 6.90.